The predicted molar refractivity (Wildman–Crippen MR) is 134 cm³/mol. The van der Waals surface area contributed by atoms with Gasteiger partial charge >= 0.3 is 0 Å². The van der Waals surface area contributed by atoms with Crippen molar-refractivity contribution in [1.82, 2.24) is 0 Å². The van der Waals surface area contributed by atoms with Crippen LogP contribution in [-0.2, 0) is 11.2 Å². The van der Waals surface area contributed by atoms with Crippen molar-refractivity contribution in [2.24, 2.45) is 0 Å². The van der Waals surface area contributed by atoms with Gasteiger partial charge in [-0.2, -0.15) is 0 Å². The second-order valence-electron chi connectivity index (χ2n) is 7.51. The van der Waals surface area contributed by atoms with Crippen molar-refractivity contribution >= 4 is 58.2 Å². The summed E-state index contributed by atoms with van der Waals surface area (Å²) in [6.45, 7) is 2.13. The Labute approximate surface area is 201 Å². The Balaban J connectivity index is 1.60. The second kappa shape index (κ2) is 9.99. The van der Waals surface area contributed by atoms with E-state index in [2.05, 4.69) is 18.3 Å². The third-order valence-electron chi connectivity index (χ3n) is 5.25. The first-order valence-corrected chi connectivity index (χ1v) is 12.2. The number of benzene rings is 3. The highest BCUT2D eigenvalue weighted by Crippen LogP contribution is 2.43. The maximum absolute atomic E-state index is 12.8. The van der Waals surface area contributed by atoms with Gasteiger partial charge in [0.05, 0.1) is 15.8 Å². The molecule has 1 atom stereocenters. The smallest absolute Gasteiger partial charge is 0.255 e. The topological polar surface area (TPSA) is 49.4 Å². The second-order valence-corrected chi connectivity index (χ2v) is 9.40. The monoisotopic (exact) mass is 484 g/mol. The number of amides is 2. The predicted octanol–water partition coefficient (Wildman–Crippen LogP) is 6.98. The van der Waals surface area contributed by atoms with Crippen LogP contribution in [0.5, 0.6) is 0 Å². The van der Waals surface area contributed by atoms with Gasteiger partial charge in [-0.1, -0.05) is 66.9 Å². The first-order valence-electron chi connectivity index (χ1n) is 10.4. The van der Waals surface area contributed by atoms with Crippen molar-refractivity contribution in [2.75, 3.05) is 16.0 Å². The molecule has 0 aliphatic carbocycles. The van der Waals surface area contributed by atoms with Gasteiger partial charge in [0.25, 0.3) is 5.91 Å². The fourth-order valence-corrected chi connectivity index (χ4v) is 5.23. The lowest BCUT2D eigenvalue weighted by Crippen LogP contribution is -2.28. The molecule has 1 saturated heterocycles. The molecule has 1 heterocycles. The Bertz CT molecular complexity index is 1170. The summed E-state index contributed by atoms with van der Waals surface area (Å²) in [5.41, 5.74) is 4.16. The van der Waals surface area contributed by atoms with Gasteiger partial charge in [0.2, 0.25) is 5.91 Å². The van der Waals surface area contributed by atoms with Gasteiger partial charge in [-0.3, -0.25) is 14.5 Å². The summed E-state index contributed by atoms with van der Waals surface area (Å²) in [4.78, 5) is 27.4. The number of nitrogens with one attached hydrogen (secondary N) is 1. The van der Waals surface area contributed by atoms with E-state index < -0.39 is 0 Å². The summed E-state index contributed by atoms with van der Waals surface area (Å²) in [5.74, 6) is 0.236. The van der Waals surface area contributed by atoms with Crippen LogP contribution in [0.4, 0.5) is 11.4 Å². The minimum atomic E-state index is -0.277. The lowest BCUT2D eigenvalue weighted by atomic mass is 10.1. The SMILES string of the molecule is CCCc1ccccc1N1C(=O)CS[C@@H]1c1cccc(NC(=O)c2ccc(Cl)c(Cl)c2)c1. The number of carbonyl (C=O) groups is 2. The van der Waals surface area contributed by atoms with E-state index in [1.165, 1.54) is 5.56 Å². The van der Waals surface area contributed by atoms with Crippen LogP contribution in [0.1, 0.15) is 40.2 Å². The maximum Gasteiger partial charge on any atom is 0.255 e. The molecule has 2 amide bonds. The average Bonchev–Trinajstić information content (AvgIpc) is 3.17. The fraction of sp³-hybridized carbons (Fsp3) is 0.200. The molecule has 1 aliphatic rings. The number of rotatable bonds is 6. The van der Waals surface area contributed by atoms with E-state index >= 15 is 0 Å². The number of hydrogen-bond donors (Lipinski definition) is 1. The molecule has 0 spiro atoms. The Morgan fingerprint density at radius 1 is 1.06 bits per heavy atom. The summed E-state index contributed by atoms with van der Waals surface area (Å²) in [7, 11) is 0. The Morgan fingerprint density at radius 2 is 1.88 bits per heavy atom. The molecule has 0 unspecified atom stereocenters. The summed E-state index contributed by atoms with van der Waals surface area (Å²) < 4.78 is 0. The van der Waals surface area contributed by atoms with E-state index in [-0.39, 0.29) is 17.2 Å². The van der Waals surface area contributed by atoms with Gasteiger partial charge in [-0.25, -0.2) is 0 Å². The van der Waals surface area contributed by atoms with Crippen LogP contribution in [0.15, 0.2) is 66.7 Å². The zero-order valence-corrected chi connectivity index (χ0v) is 19.8. The Hall–Kier alpha value is -2.47. The average molecular weight is 485 g/mol. The molecule has 4 rings (SSSR count). The number of para-hydroxylation sites is 1. The van der Waals surface area contributed by atoms with Crippen LogP contribution in [-0.4, -0.2) is 17.6 Å². The number of halogens is 2. The number of nitrogens with zero attached hydrogens (tertiary/aromatic N) is 1. The number of carbonyl (C=O) groups excluding carboxylic acids is 2. The zero-order chi connectivity index (χ0) is 22.7. The Kier molecular flexibility index (Phi) is 7.09. The lowest BCUT2D eigenvalue weighted by molar-refractivity contribution is -0.115. The highest BCUT2D eigenvalue weighted by molar-refractivity contribution is 8.00. The standard InChI is InChI=1S/C25H22Cl2N2O2S/c1-2-6-16-7-3-4-10-22(16)29-23(30)15-32-25(29)18-8-5-9-19(13-18)28-24(31)17-11-12-20(26)21(27)14-17/h3-5,7-14,25H,2,6,15H2,1H3,(H,28,31)/t25-/m1/s1. The van der Waals surface area contributed by atoms with Crippen molar-refractivity contribution in [3.05, 3.63) is 93.5 Å². The van der Waals surface area contributed by atoms with E-state index in [0.29, 0.717) is 27.0 Å². The molecular weight excluding hydrogens is 463 g/mol. The number of hydrogen-bond acceptors (Lipinski definition) is 3. The third kappa shape index (κ3) is 4.80. The van der Waals surface area contributed by atoms with Gasteiger partial charge < -0.3 is 5.32 Å². The molecular formula is C25H22Cl2N2O2S. The highest BCUT2D eigenvalue weighted by Gasteiger charge is 2.35. The van der Waals surface area contributed by atoms with Crippen LogP contribution >= 0.6 is 35.0 Å². The van der Waals surface area contributed by atoms with E-state index in [4.69, 9.17) is 23.2 Å². The maximum atomic E-state index is 12.8. The molecule has 0 aromatic heterocycles. The third-order valence-corrected chi connectivity index (χ3v) is 7.20. The first-order chi connectivity index (χ1) is 15.5. The Morgan fingerprint density at radius 3 is 2.66 bits per heavy atom. The lowest BCUT2D eigenvalue weighted by Gasteiger charge is -2.27. The summed E-state index contributed by atoms with van der Waals surface area (Å²) >= 11 is 13.6. The van der Waals surface area contributed by atoms with Crippen molar-refractivity contribution in [3.8, 4) is 0 Å². The van der Waals surface area contributed by atoms with Crippen LogP contribution in [0.25, 0.3) is 0 Å². The van der Waals surface area contributed by atoms with Crippen LogP contribution in [0.2, 0.25) is 10.0 Å². The quantitative estimate of drug-likeness (QED) is 0.410. The van der Waals surface area contributed by atoms with Crippen LogP contribution in [0.3, 0.4) is 0 Å². The highest BCUT2D eigenvalue weighted by atomic mass is 35.5. The molecule has 0 radical (unpaired) electrons. The first kappa shape index (κ1) is 22.7. The van der Waals surface area contributed by atoms with Crippen LogP contribution in [0, 0.1) is 0 Å². The molecule has 7 heteroatoms. The molecule has 3 aromatic rings. The molecule has 0 saturated carbocycles. The molecule has 0 bridgehead atoms. The minimum absolute atomic E-state index is 0.0915. The molecule has 1 fully saturated rings. The van der Waals surface area contributed by atoms with E-state index in [0.717, 1.165) is 24.1 Å². The molecule has 1 aliphatic heterocycles. The van der Waals surface area contributed by atoms with Crippen molar-refractivity contribution in [3.63, 3.8) is 0 Å². The molecule has 164 valence electrons. The van der Waals surface area contributed by atoms with E-state index in [9.17, 15) is 9.59 Å². The number of aryl methyl sites for hydroxylation is 1. The van der Waals surface area contributed by atoms with Gasteiger partial charge in [0, 0.05) is 16.9 Å². The van der Waals surface area contributed by atoms with Gasteiger partial charge in [-0.15, -0.1) is 11.8 Å². The molecule has 1 N–H and O–H groups in total. The minimum Gasteiger partial charge on any atom is -0.322 e. The normalized spacial score (nSPS) is 15.8. The van der Waals surface area contributed by atoms with Crippen molar-refractivity contribution in [1.29, 1.82) is 0 Å². The fourth-order valence-electron chi connectivity index (χ4n) is 3.77. The largest absolute Gasteiger partial charge is 0.322 e. The van der Waals surface area contributed by atoms with E-state index in [1.54, 1.807) is 30.0 Å². The number of thioether (sulfide) groups is 1. The van der Waals surface area contributed by atoms with Gasteiger partial charge in [0.1, 0.15) is 5.37 Å². The van der Waals surface area contributed by atoms with Crippen molar-refractivity contribution < 1.29 is 9.59 Å². The summed E-state index contributed by atoms with van der Waals surface area (Å²) in [6.07, 6.45) is 1.92. The van der Waals surface area contributed by atoms with E-state index in [1.807, 2.05) is 47.4 Å². The van der Waals surface area contributed by atoms with Crippen molar-refractivity contribution in [2.45, 2.75) is 25.1 Å². The summed E-state index contributed by atoms with van der Waals surface area (Å²) in [6, 6.07) is 20.5. The number of anilines is 2. The molecule has 4 nitrogen and oxygen atoms in total. The van der Waals surface area contributed by atoms with Gasteiger partial charge in [0.15, 0.2) is 0 Å². The van der Waals surface area contributed by atoms with Crippen LogP contribution < -0.4 is 10.2 Å². The molecule has 32 heavy (non-hydrogen) atoms. The summed E-state index contributed by atoms with van der Waals surface area (Å²) in [5, 5.41) is 3.49. The molecule has 3 aromatic carbocycles. The van der Waals surface area contributed by atoms with Gasteiger partial charge in [-0.05, 0) is 53.9 Å². The zero-order valence-electron chi connectivity index (χ0n) is 17.5.